The van der Waals surface area contributed by atoms with Crippen LogP contribution >= 0.6 is 0 Å². The molecule has 0 spiro atoms. The minimum Gasteiger partial charge on any atom is -0.375 e. The average Bonchev–Trinajstić information content (AvgIpc) is 2.92. The van der Waals surface area contributed by atoms with E-state index in [9.17, 15) is 19.2 Å². The Balaban J connectivity index is 2.36. The highest BCUT2D eigenvalue weighted by atomic mass is 16.5. The van der Waals surface area contributed by atoms with Crippen LogP contribution in [0.15, 0.2) is 0 Å². The first kappa shape index (κ1) is 28.3. The van der Waals surface area contributed by atoms with E-state index in [-0.39, 0.29) is 60.1 Å². The molecule has 0 aromatic carbocycles. The number of likely N-dealkylation sites (tertiary alicyclic amines) is 1. The van der Waals surface area contributed by atoms with Crippen molar-refractivity contribution >= 4 is 23.5 Å². The maximum absolute atomic E-state index is 12.6. The van der Waals surface area contributed by atoms with Gasteiger partial charge in [-0.3, -0.25) is 24.1 Å². The van der Waals surface area contributed by atoms with Gasteiger partial charge in [-0.25, -0.2) is 0 Å². The fourth-order valence-electron chi connectivity index (χ4n) is 4.05. The number of Topliss-reactive ketones (excluding diaryl/α,β-unsaturated/α-hetero) is 1. The molecule has 3 amide bonds. The van der Waals surface area contributed by atoms with Crippen molar-refractivity contribution in [3.8, 4) is 0 Å². The number of nitrogens with zero attached hydrogens (tertiary/aromatic N) is 1. The molecule has 7 heteroatoms. The van der Waals surface area contributed by atoms with E-state index in [1.54, 1.807) is 0 Å². The number of nitrogens with one attached hydrogen (secondary N) is 1. The third-order valence-corrected chi connectivity index (χ3v) is 6.21. The van der Waals surface area contributed by atoms with Crippen molar-refractivity contribution in [2.75, 3.05) is 19.7 Å². The van der Waals surface area contributed by atoms with E-state index < -0.39 is 11.0 Å². The van der Waals surface area contributed by atoms with Gasteiger partial charge < -0.3 is 10.1 Å². The maximum Gasteiger partial charge on any atom is 0.233 e. The van der Waals surface area contributed by atoms with Crippen LogP contribution in [0.5, 0.6) is 0 Å². The first-order valence-corrected chi connectivity index (χ1v) is 11.8. The summed E-state index contributed by atoms with van der Waals surface area (Å²) in [5.74, 6) is -0.486. The summed E-state index contributed by atoms with van der Waals surface area (Å²) in [5.41, 5.74) is -1.29. The Hall–Kier alpha value is -1.76. The standard InChI is InChI=1S/C25H44N2O5/c1-17(2)18-16-20(29)27(21(18)30)14-10-19(28)26-13-11-25(8,9)32-15-12-24(6,7)22(31)23(3,4)5/h17-18H,10-16H2,1-9H3,(H,26,28). The Morgan fingerprint density at radius 2 is 1.66 bits per heavy atom. The zero-order valence-electron chi connectivity index (χ0n) is 21.6. The topological polar surface area (TPSA) is 92.8 Å². The quantitative estimate of drug-likeness (QED) is 0.455. The molecule has 1 fully saturated rings. The first-order valence-electron chi connectivity index (χ1n) is 11.8. The lowest BCUT2D eigenvalue weighted by Gasteiger charge is -2.32. The molecule has 1 aliphatic heterocycles. The Bertz CT molecular complexity index is 704. The second kappa shape index (κ2) is 10.9. The highest BCUT2D eigenvalue weighted by Gasteiger charge is 2.40. The number of imide groups is 1. The van der Waals surface area contributed by atoms with Crippen molar-refractivity contribution in [1.82, 2.24) is 10.2 Å². The molecule has 0 aliphatic carbocycles. The van der Waals surface area contributed by atoms with Gasteiger partial charge in [0.1, 0.15) is 5.78 Å². The Morgan fingerprint density at radius 3 is 2.16 bits per heavy atom. The van der Waals surface area contributed by atoms with Crippen molar-refractivity contribution in [2.24, 2.45) is 22.7 Å². The van der Waals surface area contributed by atoms with Crippen LogP contribution in [0.1, 0.15) is 88.0 Å². The molecule has 1 N–H and O–H groups in total. The molecule has 184 valence electrons. The lowest BCUT2D eigenvalue weighted by Crippen LogP contribution is -2.38. The molecule has 0 bridgehead atoms. The summed E-state index contributed by atoms with van der Waals surface area (Å²) in [5, 5.41) is 2.85. The van der Waals surface area contributed by atoms with Crippen LogP contribution < -0.4 is 5.32 Å². The van der Waals surface area contributed by atoms with Crippen LogP contribution in [0.3, 0.4) is 0 Å². The van der Waals surface area contributed by atoms with Gasteiger partial charge in [0.2, 0.25) is 17.7 Å². The zero-order valence-corrected chi connectivity index (χ0v) is 21.6. The number of amides is 3. The predicted octanol–water partition coefficient (Wildman–Crippen LogP) is 3.74. The van der Waals surface area contributed by atoms with E-state index in [0.717, 1.165) is 0 Å². The van der Waals surface area contributed by atoms with Crippen molar-refractivity contribution in [3.63, 3.8) is 0 Å². The van der Waals surface area contributed by atoms with Gasteiger partial charge in [-0.05, 0) is 32.6 Å². The molecule has 1 heterocycles. The van der Waals surface area contributed by atoms with Crippen molar-refractivity contribution < 1.29 is 23.9 Å². The van der Waals surface area contributed by atoms with Crippen LogP contribution in [-0.4, -0.2) is 53.7 Å². The predicted molar refractivity (Wildman–Crippen MR) is 125 cm³/mol. The highest BCUT2D eigenvalue weighted by Crippen LogP contribution is 2.32. The van der Waals surface area contributed by atoms with Gasteiger partial charge in [0, 0.05) is 49.3 Å². The van der Waals surface area contributed by atoms with Gasteiger partial charge in [-0.2, -0.15) is 0 Å². The van der Waals surface area contributed by atoms with E-state index in [1.807, 2.05) is 62.3 Å². The van der Waals surface area contributed by atoms with Gasteiger partial charge in [0.05, 0.1) is 5.60 Å². The molecule has 32 heavy (non-hydrogen) atoms. The van der Waals surface area contributed by atoms with Crippen molar-refractivity contribution in [2.45, 2.75) is 93.6 Å². The number of rotatable bonds is 12. The van der Waals surface area contributed by atoms with Gasteiger partial charge in [0.25, 0.3) is 0 Å². The normalized spacial score (nSPS) is 17.9. The fourth-order valence-corrected chi connectivity index (χ4v) is 4.05. The summed E-state index contributed by atoms with van der Waals surface area (Å²) >= 11 is 0. The molecule has 0 aromatic rings. The minimum atomic E-state index is -0.457. The summed E-state index contributed by atoms with van der Waals surface area (Å²) < 4.78 is 6.01. The molecule has 0 aromatic heterocycles. The highest BCUT2D eigenvalue weighted by molar-refractivity contribution is 6.03. The molecule has 0 radical (unpaired) electrons. The molecule has 1 unspecified atom stereocenters. The van der Waals surface area contributed by atoms with Crippen LogP contribution in [0.4, 0.5) is 0 Å². The van der Waals surface area contributed by atoms with Crippen LogP contribution in [0.2, 0.25) is 0 Å². The van der Waals surface area contributed by atoms with Crippen LogP contribution in [0, 0.1) is 22.7 Å². The average molecular weight is 453 g/mol. The molecule has 7 nitrogen and oxygen atoms in total. The SMILES string of the molecule is CC(C)C1CC(=O)N(CCC(=O)NCCC(C)(C)OCCC(C)(C)C(=O)C(C)(C)C)C1=O. The maximum atomic E-state index is 12.6. The number of hydrogen-bond acceptors (Lipinski definition) is 5. The fraction of sp³-hybridized carbons (Fsp3) is 0.840. The Labute approximate surface area is 194 Å². The summed E-state index contributed by atoms with van der Waals surface area (Å²) in [6.07, 6.45) is 1.59. The second-order valence-electron chi connectivity index (χ2n) is 11.6. The van der Waals surface area contributed by atoms with E-state index in [2.05, 4.69) is 5.32 Å². The third kappa shape index (κ3) is 8.30. The minimum absolute atomic E-state index is 0.104. The summed E-state index contributed by atoms with van der Waals surface area (Å²) in [6.45, 7) is 18.5. The summed E-state index contributed by atoms with van der Waals surface area (Å²) in [7, 11) is 0. The molecule has 1 rings (SSSR count). The smallest absolute Gasteiger partial charge is 0.233 e. The number of hydrogen-bond donors (Lipinski definition) is 1. The monoisotopic (exact) mass is 452 g/mol. The second-order valence-corrected chi connectivity index (χ2v) is 11.6. The molecule has 1 saturated heterocycles. The lowest BCUT2D eigenvalue weighted by molar-refractivity contribution is -0.140. The van der Waals surface area contributed by atoms with E-state index >= 15 is 0 Å². The zero-order chi connectivity index (χ0) is 24.9. The molecular weight excluding hydrogens is 408 g/mol. The molecule has 1 aliphatic rings. The number of ether oxygens (including phenoxy) is 1. The third-order valence-electron chi connectivity index (χ3n) is 6.21. The van der Waals surface area contributed by atoms with Gasteiger partial charge in [-0.15, -0.1) is 0 Å². The molecule has 0 saturated carbocycles. The first-order chi connectivity index (χ1) is 14.5. The van der Waals surface area contributed by atoms with Gasteiger partial charge >= 0.3 is 0 Å². The molecule has 1 atom stereocenters. The lowest BCUT2D eigenvalue weighted by atomic mass is 9.73. The van der Waals surface area contributed by atoms with E-state index in [1.165, 1.54) is 4.90 Å². The van der Waals surface area contributed by atoms with Gasteiger partial charge in [-0.1, -0.05) is 48.5 Å². The van der Waals surface area contributed by atoms with Crippen LogP contribution in [0.25, 0.3) is 0 Å². The van der Waals surface area contributed by atoms with Crippen LogP contribution in [-0.2, 0) is 23.9 Å². The Kier molecular flexibility index (Phi) is 9.64. The summed E-state index contributed by atoms with van der Waals surface area (Å²) in [6, 6.07) is 0. The molecular formula is C25H44N2O5. The number of carbonyl (C=O) groups is 4. The van der Waals surface area contributed by atoms with Gasteiger partial charge in [0.15, 0.2) is 0 Å². The number of carbonyl (C=O) groups excluding carboxylic acids is 4. The summed E-state index contributed by atoms with van der Waals surface area (Å²) in [4.78, 5) is 50.4. The Morgan fingerprint density at radius 1 is 1.06 bits per heavy atom. The number of ketones is 1. The van der Waals surface area contributed by atoms with Crippen molar-refractivity contribution in [3.05, 3.63) is 0 Å². The van der Waals surface area contributed by atoms with Crippen molar-refractivity contribution in [1.29, 1.82) is 0 Å². The van der Waals surface area contributed by atoms with E-state index in [4.69, 9.17) is 4.74 Å². The van der Waals surface area contributed by atoms with E-state index in [0.29, 0.717) is 26.0 Å². The largest absolute Gasteiger partial charge is 0.375 e.